The fourth-order valence-corrected chi connectivity index (χ4v) is 4.06. The number of nitriles is 1. The summed E-state index contributed by atoms with van der Waals surface area (Å²) in [6.45, 7) is 9.86. The predicted molar refractivity (Wildman–Crippen MR) is 138 cm³/mol. The standard InChI is InChI=1S/C23H25N5O3.2C2H6/c1-14-20(22(28-31-14)15-7-5-4-6-8-15)21-16(12-24)13-25-23(27-21)26-17-9-18(29-2)11-19(10-17)30-3;2*1-2/h9-11,13,15H,4-8H2,1-3H3,(H,25,26,27);2*1-2H3. The third-order valence-corrected chi connectivity index (χ3v) is 5.63. The van der Waals surface area contributed by atoms with Crippen LogP contribution >= 0.6 is 0 Å². The van der Waals surface area contributed by atoms with E-state index in [1.54, 1.807) is 20.3 Å². The van der Waals surface area contributed by atoms with E-state index in [-0.39, 0.29) is 0 Å². The lowest BCUT2D eigenvalue weighted by molar-refractivity contribution is 0.367. The molecule has 0 unspecified atom stereocenters. The van der Waals surface area contributed by atoms with Gasteiger partial charge in [-0.15, -0.1) is 0 Å². The van der Waals surface area contributed by atoms with Crippen molar-refractivity contribution in [3.8, 4) is 28.8 Å². The Kier molecular flexibility index (Phi) is 11.0. The van der Waals surface area contributed by atoms with Crippen molar-refractivity contribution >= 4 is 11.6 Å². The van der Waals surface area contributed by atoms with Crippen molar-refractivity contribution in [2.75, 3.05) is 19.5 Å². The Bertz CT molecular complexity index is 1090. The number of hydrogen-bond acceptors (Lipinski definition) is 8. The lowest BCUT2D eigenvalue weighted by Crippen LogP contribution is -2.08. The van der Waals surface area contributed by atoms with Crippen LogP contribution in [0, 0.1) is 18.3 Å². The molecule has 1 saturated carbocycles. The average Bonchev–Trinajstić information content (AvgIpc) is 3.32. The molecule has 2 aromatic heterocycles. The van der Waals surface area contributed by atoms with Crippen LogP contribution in [0.15, 0.2) is 28.9 Å². The van der Waals surface area contributed by atoms with Crippen molar-refractivity contribution in [3.05, 3.63) is 41.4 Å². The number of methoxy groups -OCH3 is 2. The lowest BCUT2D eigenvalue weighted by atomic mass is 9.84. The molecule has 0 bridgehead atoms. The number of hydrogen-bond donors (Lipinski definition) is 1. The van der Waals surface area contributed by atoms with E-state index >= 15 is 0 Å². The van der Waals surface area contributed by atoms with Crippen molar-refractivity contribution in [2.24, 2.45) is 0 Å². The summed E-state index contributed by atoms with van der Waals surface area (Å²) in [5.74, 6) is 2.63. The largest absolute Gasteiger partial charge is 0.497 e. The van der Waals surface area contributed by atoms with Crippen LogP contribution in [-0.2, 0) is 0 Å². The van der Waals surface area contributed by atoms with Gasteiger partial charge in [0.2, 0.25) is 5.95 Å². The van der Waals surface area contributed by atoms with Gasteiger partial charge in [-0.05, 0) is 19.8 Å². The number of ether oxygens (including phenoxy) is 2. The topological polar surface area (TPSA) is 106 Å². The molecule has 2 heterocycles. The van der Waals surface area contributed by atoms with Gasteiger partial charge < -0.3 is 19.3 Å². The third-order valence-electron chi connectivity index (χ3n) is 5.63. The van der Waals surface area contributed by atoms with Gasteiger partial charge in [-0.2, -0.15) is 5.26 Å². The Labute approximate surface area is 208 Å². The Balaban J connectivity index is 0.00000103. The van der Waals surface area contributed by atoms with Gasteiger partial charge in [0.15, 0.2) is 0 Å². The molecule has 0 spiro atoms. The Morgan fingerprint density at radius 1 is 1.00 bits per heavy atom. The lowest BCUT2D eigenvalue weighted by Gasteiger charge is -2.20. The van der Waals surface area contributed by atoms with Crippen LogP contribution in [0.25, 0.3) is 11.3 Å². The van der Waals surface area contributed by atoms with Gasteiger partial charge in [0.25, 0.3) is 0 Å². The molecule has 1 N–H and O–H groups in total. The first-order chi connectivity index (χ1) is 17.1. The van der Waals surface area contributed by atoms with Gasteiger partial charge in [-0.25, -0.2) is 9.97 Å². The minimum Gasteiger partial charge on any atom is -0.497 e. The van der Waals surface area contributed by atoms with E-state index in [1.165, 1.54) is 25.5 Å². The number of nitrogens with one attached hydrogen (secondary N) is 1. The van der Waals surface area contributed by atoms with Crippen molar-refractivity contribution < 1.29 is 14.0 Å². The quantitative estimate of drug-likeness (QED) is 0.396. The van der Waals surface area contributed by atoms with Gasteiger partial charge in [0.1, 0.15) is 23.3 Å². The molecule has 0 atom stereocenters. The number of aryl methyl sites for hydroxylation is 1. The fourth-order valence-electron chi connectivity index (χ4n) is 4.06. The zero-order valence-electron chi connectivity index (χ0n) is 21.9. The smallest absolute Gasteiger partial charge is 0.227 e. The highest BCUT2D eigenvalue weighted by Crippen LogP contribution is 2.39. The van der Waals surface area contributed by atoms with Gasteiger partial charge >= 0.3 is 0 Å². The molecule has 3 aromatic rings. The second-order valence-corrected chi connectivity index (χ2v) is 7.63. The minimum absolute atomic E-state index is 0.321. The molecule has 35 heavy (non-hydrogen) atoms. The molecule has 0 saturated heterocycles. The van der Waals surface area contributed by atoms with Gasteiger partial charge in [0.05, 0.1) is 42.9 Å². The summed E-state index contributed by atoms with van der Waals surface area (Å²) in [7, 11) is 3.19. The van der Waals surface area contributed by atoms with E-state index in [0.717, 1.165) is 24.1 Å². The molecule has 8 heteroatoms. The number of benzene rings is 1. The molecule has 1 aromatic carbocycles. The number of nitrogens with zero attached hydrogens (tertiary/aromatic N) is 4. The number of rotatable bonds is 6. The van der Waals surface area contributed by atoms with E-state index < -0.39 is 0 Å². The number of aromatic nitrogens is 3. The molecular formula is C27H37N5O3. The van der Waals surface area contributed by atoms with Crippen LogP contribution in [0.2, 0.25) is 0 Å². The molecule has 1 aliphatic carbocycles. The van der Waals surface area contributed by atoms with E-state index in [2.05, 4.69) is 26.5 Å². The van der Waals surface area contributed by atoms with Crippen LogP contribution in [-0.4, -0.2) is 29.3 Å². The van der Waals surface area contributed by atoms with Gasteiger partial charge in [-0.3, -0.25) is 0 Å². The third kappa shape index (κ3) is 6.72. The molecule has 1 fully saturated rings. The summed E-state index contributed by atoms with van der Waals surface area (Å²) < 4.78 is 16.2. The summed E-state index contributed by atoms with van der Waals surface area (Å²) >= 11 is 0. The van der Waals surface area contributed by atoms with Crippen molar-refractivity contribution in [1.82, 2.24) is 15.1 Å². The van der Waals surface area contributed by atoms with Crippen LogP contribution in [0.4, 0.5) is 11.6 Å². The molecule has 4 rings (SSSR count). The highest BCUT2D eigenvalue weighted by Gasteiger charge is 2.27. The van der Waals surface area contributed by atoms with Crippen LogP contribution < -0.4 is 14.8 Å². The maximum absolute atomic E-state index is 9.69. The van der Waals surface area contributed by atoms with Crippen molar-refractivity contribution in [3.63, 3.8) is 0 Å². The van der Waals surface area contributed by atoms with Crippen LogP contribution in [0.3, 0.4) is 0 Å². The maximum Gasteiger partial charge on any atom is 0.227 e. The summed E-state index contributed by atoms with van der Waals surface area (Å²) in [5.41, 5.74) is 3.33. The maximum atomic E-state index is 9.69. The van der Waals surface area contributed by atoms with Crippen LogP contribution in [0.5, 0.6) is 11.5 Å². The molecule has 8 nitrogen and oxygen atoms in total. The summed E-state index contributed by atoms with van der Waals surface area (Å²) in [5, 5.41) is 17.2. The summed E-state index contributed by atoms with van der Waals surface area (Å²) in [4.78, 5) is 9.00. The average molecular weight is 480 g/mol. The summed E-state index contributed by atoms with van der Waals surface area (Å²) in [6.07, 6.45) is 7.27. The number of anilines is 2. The van der Waals surface area contributed by atoms with E-state index in [1.807, 2.05) is 46.8 Å². The summed E-state index contributed by atoms with van der Waals surface area (Å²) in [6, 6.07) is 7.63. The van der Waals surface area contributed by atoms with Crippen molar-refractivity contribution in [1.29, 1.82) is 5.26 Å². The van der Waals surface area contributed by atoms with Gasteiger partial charge in [0, 0.05) is 29.8 Å². The molecule has 0 amide bonds. The molecule has 0 radical (unpaired) electrons. The SMILES string of the molecule is CC.CC.COc1cc(Nc2ncc(C#N)c(-c3c(C4CCCCC4)noc3C)n2)cc(OC)c1. The first-order valence-corrected chi connectivity index (χ1v) is 12.4. The minimum atomic E-state index is 0.321. The van der Waals surface area contributed by atoms with E-state index in [9.17, 15) is 5.26 Å². The first-order valence-electron chi connectivity index (χ1n) is 12.4. The molecule has 1 aliphatic rings. The second kappa shape index (κ2) is 14.0. The predicted octanol–water partition coefficient (Wildman–Crippen LogP) is 7.17. The Morgan fingerprint density at radius 2 is 1.63 bits per heavy atom. The van der Waals surface area contributed by atoms with Crippen LogP contribution in [0.1, 0.15) is 82.7 Å². The van der Waals surface area contributed by atoms with E-state index in [4.69, 9.17) is 14.0 Å². The van der Waals surface area contributed by atoms with Gasteiger partial charge in [-0.1, -0.05) is 52.1 Å². The Morgan fingerprint density at radius 3 is 2.20 bits per heavy atom. The molecule has 0 aliphatic heterocycles. The highest BCUT2D eigenvalue weighted by molar-refractivity contribution is 5.72. The fraction of sp³-hybridized carbons (Fsp3) is 0.481. The zero-order valence-corrected chi connectivity index (χ0v) is 21.9. The first kappa shape index (κ1) is 27.6. The zero-order chi connectivity index (χ0) is 25.8. The Hall–Kier alpha value is -3.60. The highest BCUT2D eigenvalue weighted by atomic mass is 16.5. The van der Waals surface area contributed by atoms with Crippen molar-refractivity contribution in [2.45, 2.75) is 72.6 Å². The van der Waals surface area contributed by atoms with E-state index in [0.29, 0.717) is 46.1 Å². The second-order valence-electron chi connectivity index (χ2n) is 7.63. The normalized spacial score (nSPS) is 12.9. The monoisotopic (exact) mass is 479 g/mol. The molecular weight excluding hydrogens is 442 g/mol. The molecule has 188 valence electrons.